The number of carbonyl (C=O) groups excluding carboxylic acids is 2. The van der Waals surface area contributed by atoms with Gasteiger partial charge in [-0.1, -0.05) is 30.3 Å². The molecular weight excluding hydrogens is 316 g/mol. The Balaban J connectivity index is 1.40. The van der Waals surface area contributed by atoms with E-state index >= 15 is 0 Å². The molecule has 0 saturated heterocycles. The fourth-order valence-corrected chi connectivity index (χ4v) is 2.40. The van der Waals surface area contributed by atoms with Crippen LogP contribution in [0.3, 0.4) is 0 Å². The van der Waals surface area contributed by atoms with Gasteiger partial charge in [0.1, 0.15) is 12.4 Å². The highest BCUT2D eigenvalue weighted by molar-refractivity contribution is 5.94. The predicted molar refractivity (Wildman–Crippen MR) is 95.3 cm³/mol. The van der Waals surface area contributed by atoms with E-state index in [4.69, 9.17) is 4.74 Å². The molecule has 0 atom stereocenters. The van der Waals surface area contributed by atoms with Crippen molar-refractivity contribution in [3.05, 3.63) is 65.7 Å². The Labute approximate surface area is 147 Å². The molecule has 2 N–H and O–H groups in total. The molecule has 0 unspecified atom stereocenters. The zero-order valence-electron chi connectivity index (χ0n) is 14.0. The number of carbonyl (C=O) groups is 2. The summed E-state index contributed by atoms with van der Waals surface area (Å²) in [4.78, 5) is 23.5. The van der Waals surface area contributed by atoms with Crippen LogP contribution in [0.1, 0.15) is 28.8 Å². The number of rotatable bonds is 8. The van der Waals surface area contributed by atoms with Crippen LogP contribution in [-0.4, -0.2) is 24.9 Å². The van der Waals surface area contributed by atoms with Gasteiger partial charge in [-0.15, -0.1) is 0 Å². The molecule has 0 aromatic heterocycles. The fourth-order valence-electron chi connectivity index (χ4n) is 2.40. The van der Waals surface area contributed by atoms with E-state index in [1.54, 1.807) is 24.3 Å². The summed E-state index contributed by atoms with van der Waals surface area (Å²) in [5.41, 5.74) is 1.66. The van der Waals surface area contributed by atoms with Gasteiger partial charge in [0.2, 0.25) is 5.91 Å². The van der Waals surface area contributed by atoms with Crippen molar-refractivity contribution in [2.45, 2.75) is 19.4 Å². The van der Waals surface area contributed by atoms with E-state index in [1.807, 2.05) is 30.3 Å². The van der Waals surface area contributed by atoms with Crippen molar-refractivity contribution in [3.63, 3.8) is 0 Å². The molecule has 3 rings (SSSR count). The lowest BCUT2D eigenvalue weighted by Gasteiger charge is -2.09. The van der Waals surface area contributed by atoms with Gasteiger partial charge < -0.3 is 15.4 Å². The summed E-state index contributed by atoms with van der Waals surface area (Å²) in [7, 11) is 0. The first kappa shape index (κ1) is 17.0. The summed E-state index contributed by atoms with van der Waals surface area (Å²) in [5, 5.41) is 5.62. The first-order chi connectivity index (χ1) is 12.2. The molecule has 0 spiro atoms. The average molecular weight is 338 g/mol. The number of benzene rings is 2. The van der Waals surface area contributed by atoms with Crippen LogP contribution in [-0.2, 0) is 11.4 Å². The van der Waals surface area contributed by atoms with Crippen molar-refractivity contribution in [1.82, 2.24) is 10.6 Å². The number of hydrogen-bond acceptors (Lipinski definition) is 3. The lowest BCUT2D eigenvalue weighted by Crippen LogP contribution is -2.35. The smallest absolute Gasteiger partial charge is 0.251 e. The van der Waals surface area contributed by atoms with Gasteiger partial charge in [0, 0.05) is 24.6 Å². The molecule has 2 amide bonds. The first-order valence-electron chi connectivity index (χ1n) is 8.55. The summed E-state index contributed by atoms with van der Waals surface area (Å²) < 4.78 is 5.70. The summed E-state index contributed by atoms with van der Waals surface area (Å²) in [6, 6.07) is 17.0. The Bertz CT molecular complexity index is 709. The van der Waals surface area contributed by atoms with Crippen LogP contribution >= 0.6 is 0 Å². The van der Waals surface area contributed by atoms with E-state index in [2.05, 4.69) is 10.6 Å². The Morgan fingerprint density at radius 3 is 2.28 bits per heavy atom. The van der Waals surface area contributed by atoms with Crippen molar-refractivity contribution in [2.24, 2.45) is 5.92 Å². The SMILES string of the molecule is O=C(NCCNC(=O)C1CC1)c1ccc(OCc2ccccc2)cc1. The third-order valence-corrected chi connectivity index (χ3v) is 4.02. The van der Waals surface area contributed by atoms with Crippen molar-refractivity contribution in [1.29, 1.82) is 0 Å². The zero-order valence-corrected chi connectivity index (χ0v) is 14.0. The molecule has 0 aliphatic heterocycles. The molecule has 2 aromatic carbocycles. The quantitative estimate of drug-likeness (QED) is 0.727. The van der Waals surface area contributed by atoms with Crippen LogP contribution in [0.4, 0.5) is 0 Å². The molecule has 1 fully saturated rings. The Morgan fingerprint density at radius 2 is 1.60 bits per heavy atom. The predicted octanol–water partition coefficient (Wildman–Crippen LogP) is 2.52. The molecule has 5 nitrogen and oxygen atoms in total. The highest BCUT2D eigenvalue weighted by Gasteiger charge is 2.28. The maximum Gasteiger partial charge on any atom is 0.251 e. The van der Waals surface area contributed by atoms with Crippen molar-refractivity contribution >= 4 is 11.8 Å². The molecule has 0 radical (unpaired) electrons. The van der Waals surface area contributed by atoms with E-state index in [0.29, 0.717) is 25.3 Å². The highest BCUT2D eigenvalue weighted by atomic mass is 16.5. The van der Waals surface area contributed by atoms with Crippen molar-refractivity contribution in [2.75, 3.05) is 13.1 Å². The normalized spacial score (nSPS) is 13.1. The minimum atomic E-state index is -0.157. The van der Waals surface area contributed by atoms with E-state index in [0.717, 1.165) is 24.2 Å². The topological polar surface area (TPSA) is 67.4 Å². The largest absolute Gasteiger partial charge is 0.489 e. The highest BCUT2D eigenvalue weighted by Crippen LogP contribution is 2.28. The van der Waals surface area contributed by atoms with E-state index in [-0.39, 0.29) is 17.7 Å². The van der Waals surface area contributed by atoms with Crippen LogP contribution in [0.5, 0.6) is 5.75 Å². The monoisotopic (exact) mass is 338 g/mol. The van der Waals surface area contributed by atoms with Crippen LogP contribution in [0.2, 0.25) is 0 Å². The number of nitrogens with one attached hydrogen (secondary N) is 2. The maximum atomic E-state index is 12.1. The van der Waals surface area contributed by atoms with E-state index in [9.17, 15) is 9.59 Å². The first-order valence-corrected chi connectivity index (χ1v) is 8.55. The molecule has 0 heterocycles. The molecule has 1 aliphatic carbocycles. The molecule has 1 saturated carbocycles. The van der Waals surface area contributed by atoms with Gasteiger partial charge in [-0.25, -0.2) is 0 Å². The van der Waals surface area contributed by atoms with Crippen molar-refractivity contribution < 1.29 is 14.3 Å². The third-order valence-electron chi connectivity index (χ3n) is 4.02. The Kier molecular flexibility index (Phi) is 5.67. The fraction of sp³-hybridized carbons (Fsp3) is 0.300. The molecule has 5 heteroatoms. The number of ether oxygens (including phenoxy) is 1. The van der Waals surface area contributed by atoms with Gasteiger partial charge >= 0.3 is 0 Å². The number of amides is 2. The van der Waals surface area contributed by atoms with Crippen molar-refractivity contribution in [3.8, 4) is 5.75 Å². The molecule has 0 bridgehead atoms. The molecule has 25 heavy (non-hydrogen) atoms. The van der Waals surface area contributed by atoms with Gasteiger partial charge in [-0.05, 0) is 42.7 Å². The van der Waals surface area contributed by atoms with Gasteiger partial charge in [0.25, 0.3) is 5.91 Å². The average Bonchev–Trinajstić information content (AvgIpc) is 3.50. The van der Waals surface area contributed by atoms with Gasteiger partial charge in [0.05, 0.1) is 0 Å². The second kappa shape index (κ2) is 8.33. The summed E-state index contributed by atoms with van der Waals surface area (Å²) in [6.45, 7) is 1.37. The third kappa shape index (κ3) is 5.35. The molecular formula is C20H22N2O3. The Morgan fingerprint density at radius 1 is 0.920 bits per heavy atom. The second-order valence-corrected chi connectivity index (χ2v) is 6.12. The second-order valence-electron chi connectivity index (χ2n) is 6.12. The minimum absolute atomic E-state index is 0.0918. The zero-order chi connectivity index (χ0) is 17.5. The van der Waals surface area contributed by atoms with E-state index < -0.39 is 0 Å². The van der Waals surface area contributed by atoms with Gasteiger partial charge in [-0.3, -0.25) is 9.59 Å². The molecule has 130 valence electrons. The lowest BCUT2D eigenvalue weighted by molar-refractivity contribution is -0.122. The summed E-state index contributed by atoms with van der Waals surface area (Å²) >= 11 is 0. The van der Waals surface area contributed by atoms with Gasteiger partial charge in [0.15, 0.2) is 0 Å². The lowest BCUT2D eigenvalue weighted by atomic mass is 10.2. The maximum absolute atomic E-state index is 12.1. The minimum Gasteiger partial charge on any atom is -0.489 e. The molecule has 1 aliphatic rings. The summed E-state index contributed by atoms with van der Waals surface area (Å²) in [5.74, 6) is 0.848. The van der Waals surface area contributed by atoms with Crippen LogP contribution in [0, 0.1) is 5.92 Å². The van der Waals surface area contributed by atoms with Crippen LogP contribution < -0.4 is 15.4 Å². The number of hydrogen-bond donors (Lipinski definition) is 2. The van der Waals surface area contributed by atoms with Gasteiger partial charge in [-0.2, -0.15) is 0 Å². The van der Waals surface area contributed by atoms with Crippen LogP contribution in [0.15, 0.2) is 54.6 Å². The van der Waals surface area contributed by atoms with Crippen LogP contribution in [0.25, 0.3) is 0 Å². The van der Waals surface area contributed by atoms with E-state index in [1.165, 1.54) is 0 Å². The summed E-state index contributed by atoms with van der Waals surface area (Å²) in [6.07, 6.45) is 1.97. The standard InChI is InChI=1S/C20H22N2O3/c23-19(16-6-7-16)21-12-13-22-20(24)17-8-10-18(11-9-17)25-14-15-4-2-1-3-5-15/h1-5,8-11,16H,6-7,12-14H2,(H,21,23)(H,22,24). The molecule has 2 aromatic rings. The Hall–Kier alpha value is -2.82.